The Kier molecular flexibility index (Phi) is 6.53. The molecular weight excluding hydrogens is 462 g/mol. The number of nitrogens with one attached hydrogen (secondary N) is 1. The van der Waals surface area contributed by atoms with Crippen LogP contribution in [0.1, 0.15) is 22.6 Å². The number of hydrogen-bond donors (Lipinski definition) is 3. The standard InChI is InChI=1S/C24H21NO8S/c26-23(27)22(13-15-9-11-16(12-10-15)33-34(29,30)31)25-24(28)32-14-21-19-7-3-1-5-17(19)18-6-2-4-8-20(18)21/h1-12,21-22H,13-14H2,(H,25,28)(H,26,27)(H,29,30,31)/t22-/m1/s1. The quantitative estimate of drug-likeness (QED) is 0.414. The molecule has 176 valence electrons. The van der Waals surface area contributed by atoms with Gasteiger partial charge in [0.15, 0.2) is 0 Å². The maximum atomic E-state index is 12.4. The number of rotatable bonds is 8. The molecule has 10 heteroatoms. The second-order valence-electron chi connectivity index (χ2n) is 7.72. The van der Waals surface area contributed by atoms with Gasteiger partial charge in [0, 0.05) is 12.3 Å². The summed E-state index contributed by atoms with van der Waals surface area (Å²) >= 11 is 0. The summed E-state index contributed by atoms with van der Waals surface area (Å²) in [6.45, 7) is 0.0495. The molecule has 3 N–H and O–H groups in total. The van der Waals surface area contributed by atoms with E-state index in [-0.39, 0.29) is 24.7 Å². The highest BCUT2D eigenvalue weighted by Crippen LogP contribution is 2.44. The van der Waals surface area contributed by atoms with Gasteiger partial charge in [0.25, 0.3) is 0 Å². The van der Waals surface area contributed by atoms with Crippen molar-refractivity contribution in [1.82, 2.24) is 5.32 Å². The molecular formula is C24H21NO8S. The fourth-order valence-electron chi connectivity index (χ4n) is 4.02. The number of alkyl carbamates (subject to hydrolysis) is 1. The third-order valence-electron chi connectivity index (χ3n) is 5.50. The van der Waals surface area contributed by atoms with E-state index < -0.39 is 28.5 Å². The van der Waals surface area contributed by atoms with Gasteiger partial charge in [-0.3, -0.25) is 4.55 Å². The van der Waals surface area contributed by atoms with E-state index in [4.69, 9.17) is 9.29 Å². The van der Waals surface area contributed by atoms with Crippen molar-refractivity contribution >= 4 is 22.5 Å². The number of ether oxygens (including phenoxy) is 1. The maximum absolute atomic E-state index is 12.4. The van der Waals surface area contributed by atoms with Gasteiger partial charge in [0.1, 0.15) is 18.4 Å². The Hall–Kier alpha value is -3.89. The molecule has 4 rings (SSSR count). The smallest absolute Gasteiger partial charge is 0.446 e. The van der Waals surface area contributed by atoms with Crippen LogP contribution in [0.4, 0.5) is 4.79 Å². The van der Waals surface area contributed by atoms with Crippen LogP contribution in [0.5, 0.6) is 5.75 Å². The highest BCUT2D eigenvalue weighted by atomic mass is 32.3. The minimum atomic E-state index is -4.66. The summed E-state index contributed by atoms with van der Waals surface area (Å²) in [7, 11) is -4.66. The number of hydrogen-bond acceptors (Lipinski definition) is 6. The molecule has 0 spiro atoms. The van der Waals surface area contributed by atoms with Crippen LogP contribution >= 0.6 is 0 Å². The molecule has 0 saturated carbocycles. The van der Waals surface area contributed by atoms with Crippen LogP contribution < -0.4 is 9.50 Å². The third kappa shape index (κ3) is 5.36. The average molecular weight is 483 g/mol. The zero-order valence-electron chi connectivity index (χ0n) is 17.7. The Morgan fingerprint density at radius 2 is 1.47 bits per heavy atom. The zero-order valence-corrected chi connectivity index (χ0v) is 18.6. The van der Waals surface area contributed by atoms with E-state index in [1.165, 1.54) is 24.3 Å². The Labute approximate surface area is 195 Å². The minimum Gasteiger partial charge on any atom is -0.480 e. The van der Waals surface area contributed by atoms with E-state index in [1.807, 2.05) is 48.5 Å². The lowest BCUT2D eigenvalue weighted by Crippen LogP contribution is -2.42. The Morgan fingerprint density at radius 1 is 0.912 bits per heavy atom. The van der Waals surface area contributed by atoms with Gasteiger partial charge in [-0.1, -0.05) is 60.7 Å². The van der Waals surface area contributed by atoms with Gasteiger partial charge in [0.05, 0.1) is 0 Å². The van der Waals surface area contributed by atoms with Crippen molar-refractivity contribution in [2.45, 2.75) is 18.4 Å². The summed E-state index contributed by atoms with van der Waals surface area (Å²) in [5, 5.41) is 11.9. The predicted molar refractivity (Wildman–Crippen MR) is 122 cm³/mol. The summed E-state index contributed by atoms with van der Waals surface area (Å²) in [5.41, 5.74) is 4.74. The van der Waals surface area contributed by atoms with Crippen molar-refractivity contribution in [3.05, 3.63) is 89.5 Å². The summed E-state index contributed by atoms with van der Waals surface area (Å²) in [5.74, 6) is -1.55. The third-order valence-corrected chi connectivity index (χ3v) is 5.90. The monoisotopic (exact) mass is 483 g/mol. The average Bonchev–Trinajstić information content (AvgIpc) is 3.11. The summed E-state index contributed by atoms with van der Waals surface area (Å²) in [6.07, 6.45) is -0.938. The molecule has 1 atom stereocenters. The minimum absolute atomic E-state index is 0.0495. The molecule has 1 aliphatic carbocycles. The molecule has 0 radical (unpaired) electrons. The molecule has 0 heterocycles. The first kappa shape index (κ1) is 23.3. The molecule has 34 heavy (non-hydrogen) atoms. The molecule has 9 nitrogen and oxygen atoms in total. The fourth-order valence-corrected chi connectivity index (χ4v) is 4.38. The van der Waals surface area contributed by atoms with Gasteiger partial charge in [0.2, 0.25) is 0 Å². The van der Waals surface area contributed by atoms with E-state index in [0.29, 0.717) is 5.56 Å². The lowest BCUT2D eigenvalue weighted by atomic mass is 9.98. The molecule has 0 aromatic heterocycles. The number of carbonyl (C=O) groups is 2. The normalized spacial score (nSPS) is 13.4. The van der Waals surface area contributed by atoms with E-state index in [2.05, 4.69) is 9.50 Å². The van der Waals surface area contributed by atoms with Gasteiger partial charge >= 0.3 is 22.5 Å². The second kappa shape index (κ2) is 9.54. The first-order valence-electron chi connectivity index (χ1n) is 10.3. The van der Waals surface area contributed by atoms with Crippen LogP contribution in [-0.4, -0.2) is 42.8 Å². The zero-order chi connectivity index (χ0) is 24.3. The fraction of sp³-hybridized carbons (Fsp3) is 0.167. The van der Waals surface area contributed by atoms with Crippen LogP contribution in [0.3, 0.4) is 0 Å². The maximum Gasteiger partial charge on any atom is 0.446 e. The van der Waals surface area contributed by atoms with Gasteiger partial charge in [-0.05, 0) is 39.9 Å². The topological polar surface area (TPSA) is 139 Å². The van der Waals surface area contributed by atoms with E-state index in [0.717, 1.165) is 22.3 Å². The van der Waals surface area contributed by atoms with Crippen LogP contribution in [0, 0.1) is 0 Å². The number of fused-ring (bicyclic) bond motifs is 3. The molecule has 3 aromatic rings. The molecule has 1 amide bonds. The van der Waals surface area contributed by atoms with Crippen molar-refractivity contribution < 1.29 is 36.6 Å². The van der Waals surface area contributed by atoms with Crippen LogP contribution in [0.25, 0.3) is 11.1 Å². The number of amides is 1. The molecule has 0 bridgehead atoms. The number of aliphatic carboxylic acids is 1. The van der Waals surface area contributed by atoms with Gasteiger partial charge in [-0.15, -0.1) is 0 Å². The van der Waals surface area contributed by atoms with Crippen molar-refractivity contribution in [3.8, 4) is 16.9 Å². The lowest BCUT2D eigenvalue weighted by Gasteiger charge is -2.17. The lowest BCUT2D eigenvalue weighted by molar-refractivity contribution is -0.139. The SMILES string of the molecule is O=C(N[C@H](Cc1ccc(OS(=O)(=O)O)cc1)C(=O)O)OCC1c2ccccc2-c2ccccc21. The van der Waals surface area contributed by atoms with Crippen molar-refractivity contribution in [2.24, 2.45) is 0 Å². The van der Waals surface area contributed by atoms with E-state index in [9.17, 15) is 23.1 Å². The van der Waals surface area contributed by atoms with Gasteiger partial charge in [-0.2, -0.15) is 8.42 Å². The Bertz CT molecular complexity index is 1280. The van der Waals surface area contributed by atoms with Crippen LogP contribution in [0.15, 0.2) is 72.8 Å². The van der Waals surface area contributed by atoms with Crippen molar-refractivity contribution in [1.29, 1.82) is 0 Å². The highest BCUT2D eigenvalue weighted by molar-refractivity contribution is 7.81. The highest BCUT2D eigenvalue weighted by Gasteiger charge is 2.29. The number of carboxylic acids is 1. The second-order valence-corrected chi connectivity index (χ2v) is 8.74. The van der Waals surface area contributed by atoms with Crippen LogP contribution in [0.2, 0.25) is 0 Å². The van der Waals surface area contributed by atoms with Crippen molar-refractivity contribution in [2.75, 3.05) is 6.61 Å². The number of carbonyl (C=O) groups excluding carboxylic acids is 1. The molecule has 1 aliphatic rings. The largest absolute Gasteiger partial charge is 0.480 e. The Morgan fingerprint density at radius 3 is 2.00 bits per heavy atom. The summed E-state index contributed by atoms with van der Waals surface area (Å²) < 4.78 is 40.0. The summed E-state index contributed by atoms with van der Waals surface area (Å²) in [4.78, 5) is 24.1. The Balaban J connectivity index is 1.39. The predicted octanol–water partition coefficient (Wildman–Crippen LogP) is 3.40. The van der Waals surface area contributed by atoms with E-state index >= 15 is 0 Å². The van der Waals surface area contributed by atoms with Gasteiger partial charge in [-0.25, -0.2) is 9.59 Å². The molecule has 0 unspecified atom stereocenters. The van der Waals surface area contributed by atoms with Crippen LogP contribution in [-0.2, 0) is 26.4 Å². The molecule has 0 aliphatic heterocycles. The molecule has 3 aromatic carbocycles. The number of carboxylic acid groups (broad SMARTS) is 1. The number of benzene rings is 3. The first-order valence-corrected chi connectivity index (χ1v) is 11.7. The van der Waals surface area contributed by atoms with Gasteiger partial charge < -0.3 is 19.3 Å². The summed E-state index contributed by atoms with van der Waals surface area (Å²) in [6, 6.07) is 19.8. The molecule has 0 fully saturated rings. The first-order chi connectivity index (χ1) is 16.2. The van der Waals surface area contributed by atoms with E-state index in [1.54, 1.807) is 0 Å². The molecule has 0 saturated heterocycles. The van der Waals surface area contributed by atoms with Crippen molar-refractivity contribution in [3.63, 3.8) is 0 Å².